The normalized spacial score (nSPS) is 12.7. The Morgan fingerprint density at radius 2 is 2.15 bits per heavy atom. The molecule has 7 heteroatoms. The highest BCUT2D eigenvalue weighted by Gasteiger charge is 2.17. The molecule has 2 aromatic heterocycles. The molecule has 2 heterocycles. The number of fused-ring (bicyclic) bond motifs is 3. The minimum atomic E-state index is -0.372. The maximum absolute atomic E-state index is 11.4. The van der Waals surface area contributed by atoms with E-state index in [9.17, 15) is 4.79 Å². The monoisotopic (exact) mass is 288 g/mol. The molecule has 0 amide bonds. The average Bonchev–Trinajstić information content (AvgIpc) is 2.83. The van der Waals surface area contributed by atoms with Crippen molar-refractivity contribution in [2.45, 2.75) is 17.3 Å². The molecule has 0 fully saturated rings. The third-order valence-electron chi connectivity index (χ3n) is 2.92. The molecular weight excluding hydrogens is 276 g/mol. The fraction of sp³-hybridized carbons (Fsp3) is 0.231. The number of H-pyrrole nitrogens is 1. The van der Waals surface area contributed by atoms with Gasteiger partial charge in [0.05, 0.1) is 7.11 Å². The highest BCUT2D eigenvalue weighted by atomic mass is 32.2. The van der Waals surface area contributed by atoms with Gasteiger partial charge in [0, 0.05) is 10.9 Å². The fourth-order valence-corrected chi connectivity index (χ4v) is 2.67. The second-order valence-electron chi connectivity index (χ2n) is 4.25. The standard InChI is InChI=1S/C13H12N4O2S/c1-7(12(18)19-2)20-13-15-11-10(16-17-13)8-5-3-4-6-9(8)14-11/h3-7H,1-2H3,(H,14,15,17). The number of rotatable bonds is 3. The van der Waals surface area contributed by atoms with Gasteiger partial charge in [-0.3, -0.25) is 4.79 Å². The zero-order chi connectivity index (χ0) is 14.1. The molecule has 0 spiro atoms. The second-order valence-corrected chi connectivity index (χ2v) is 5.55. The molecule has 1 aromatic carbocycles. The molecule has 0 aliphatic heterocycles. The third kappa shape index (κ3) is 2.20. The first kappa shape index (κ1) is 12.9. The van der Waals surface area contributed by atoms with Crippen LogP contribution in [0.4, 0.5) is 0 Å². The van der Waals surface area contributed by atoms with Crippen molar-refractivity contribution in [1.29, 1.82) is 0 Å². The number of methoxy groups -OCH3 is 1. The van der Waals surface area contributed by atoms with Gasteiger partial charge in [0.1, 0.15) is 10.8 Å². The maximum atomic E-state index is 11.4. The summed E-state index contributed by atoms with van der Waals surface area (Å²) in [4.78, 5) is 19.0. The van der Waals surface area contributed by atoms with E-state index in [1.807, 2.05) is 24.3 Å². The molecule has 20 heavy (non-hydrogen) atoms. The van der Waals surface area contributed by atoms with Gasteiger partial charge in [0.25, 0.3) is 0 Å². The number of carbonyl (C=O) groups excluding carboxylic acids is 1. The number of para-hydroxylation sites is 1. The van der Waals surface area contributed by atoms with Gasteiger partial charge in [0.15, 0.2) is 5.65 Å². The highest BCUT2D eigenvalue weighted by molar-refractivity contribution is 8.00. The van der Waals surface area contributed by atoms with Gasteiger partial charge < -0.3 is 9.72 Å². The summed E-state index contributed by atoms with van der Waals surface area (Å²) in [7, 11) is 1.36. The molecule has 1 N–H and O–H groups in total. The Morgan fingerprint density at radius 3 is 2.95 bits per heavy atom. The molecule has 0 radical (unpaired) electrons. The quantitative estimate of drug-likeness (QED) is 0.587. The third-order valence-corrected chi connectivity index (χ3v) is 3.85. The maximum Gasteiger partial charge on any atom is 0.318 e. The van der Waals surface area contributed by atoms with Crippen molar-refractivity contribution in [3.8, 4) is 0 Å². The van der Waals surface area contributed by atoms with Crippen LogP contribution in [-0.2, 0) is 9.53 Å². The van der Waals surface area contributed by atoms with E-state index >= 15 is 0 Å². The van der Waals surface area contributed by atoms with Crippen molar-refractivity contribution in [2.24, 2.45) is 0 Å². The Morgan fingerprint density at radius 1 is 1.35 bits per heavy atom. The van der Waals surface area contributed by atoms with Crippen molar-refractivity contribution in [3.63, 3.8) is 0 Å². The summed E-state index contributed by atoms with van der Waals surface area (Å²) in [5, 5.41) is 9.31. The first-order chi connectivity index (χ1) is 9.69. The van der Waals surface area contributed by atoms with Crippen LogP contribution in [0.25, 0.3) is 22.1 Å². The smallest absolute Gasteiger partial charge is 0.318 e. The summed E-state index contributed by atoms with van der Waals surface area (Å²) in [5.74, 6) is -0.310. The van der Waals surface area contributed by atoms with Gasteiger partial charge in [0.2, 0.25) is 5.16 Å². The first-order valence-corrected chi connectivity index (χ1v) is 6.92. The molecule has 0 bridgehead atoms. The summed E-state index contributed by atoms with van der Waals surface area (Å²) in [6, 6.07) is 7.82. The molecule has 0 aliphatic rings. The Kier molecular flexibility index (Phi) is 3.27. The number of nitrogens with one attached hydrogen (secondary N) is 1. The molecule has 1 unspecified atom stereocenters. The van der Waals surface area contributed by atoms with Crippen LogP contribution in [0.1, 0.15) is 6.92 Å². The van der Waals surface area contributed by atoms with Crippen molar-refractivity contribution >= 4 is 39.8 Å². The van der Waals surface area contributed by atoms with Crippen LogP contribution in [0.15, 0.2) is 29.4 Å². The SMILES string of the molecule is COC(=O)C(C)Sc1nnc2c(n1)[nH]c1ccccc12. The Labute approximate surface area is 118 Å². The minimum absolute atomic E-state index is 0.310. The Balaban J connectivity index is 1.98. The summed E-state index contributed by atoms with van der Waals surface area (Å²) in [5.41, 5.74) is 2.36. The van der Waals surface area contributed by atoms with E-state index < -0.39 is 0 Å². The number of benzene rings is 1. The number of hydrogen-bond donors (Lipinski definition) is 1. The average molecular weight is 288 g/mol. The zero-order valence-electron chi connectivity index (χ0n) is 11.0. The lowest BCUT2D eigenvalue weighted by Gasteiger charge is -2.06. The molecule has 3 aromatic rings. The van der Waals surface area contributed by atoms with Crippen LogP contribution in [0, 0.1) is 0 Å². The van der Waals surface area contributed by atoms with Gasteiger partial charge in [-0.2, -0.15) is 0 Å². The largest absolute Gasteiger partial charge is 0.468 e. The van der Waals surface area contributed by atoms with E-state index in [2.05, 4.69) is 24.9 Å². The van der Waals surface area contributed by atoms with Gasteiger partial charge in [-0.25, -0.2) is 4.98 Å². The molecule has 1 atom stereocenters. The second kappa shape index (κ2) is 5.09. The predicted octanol–water partition coefficient (Wildman–Crippen LogP) is 2.16. The number of esters is 1. The highest BCUT2D eigenvalue weighted by Crippen LogP contribution is 2.25. The zero-order valence-corrected chi connectivity index (χ0v) is 11.8. The number of aromatic amines is 1. The van der Waals surface area contributed by atoms with Crippen LogP contribution in [-0.4, -0.2) is 38.5 Å². The number of hydrogen-bond acceptors (Lipinski definition) is 6. The number of aromatic nitrogens is 4. The minimum Gasteiger partial charge on any atom is -0.468 e. The Hall–Kier alpha value is -2.15. The van der Waals surface area contributed by atoms with Gasteiger partial charge >= 0.3 is 5.97 Å². The molecule has 0 aliphatic carbocycles. The lowest BCUT2D eigenvalue weighted by atomic mass is 10.2. The number of carbonyl (C=O) groups is 1. The van der Waals surface area contributed by atoms with Gasteiger partial charge in [-0.15, -0.1) is 10.2 Å². The van der Waals surface area contributed by atoms with Crippen molar-refractivity contribution in [3.05, 3.63) is 24.3 Å². The fourth-order valence-electron chi connectivity index (χ4n) is 1.93. The summed E-state index contributed by atoms with van der Waals surface area (Å²) < 4.78 is 4.68. The van der Waals surface area contributed by atoms with E-state index in [1.165, 1.54) is 18.9 Å². The topological polar surface area (TPSA) is 80.8 Å². The summed E-state index contributed by atoms with van der Waals surface area (Å²) >= 11 is 1.22. The molecule has 6 nitrogen and oxygen atoms in total. The van der Waals surface area contributed by atoms with Crippen LogP contribution < -0.4 is 0 Å². The van der Waals surface area contributed by atoms with Crippen LogP contribution in [0.3, 0.4) is 0 Å². The van der Waals surface area contributed by atoms with E-state index in [4.69, 9.17) is 0 Å². The predicted molar refractivity (Wildman–Crippen MR) is 76.5 cm³/mol. The molecule has 102 valence electrons. The van der Waals surface area contributed by atoms with E-state index in [0.29, 0.717) is 10.8 Å². The summed E-state index contributed by atoms with van der Waals surface area (Å²) in [6.07, 6.45) is 0. The summed E-state index contributed by atoms with van der Waals surface area (Å²) in [6.45, 7) is 1.75. The van der Waals surface area contributed by atoms with E-state index in [-0.39, 0.29) is 11.2 Å². The van der Waals surface area contributed by atoms with Gasteiger partial charge in [-0.05, 0) is 13.0 Å². The van der Waals surface area contributed by atoms with E-state index in [0.717, 1.165) is 16.4 Å². The lowest BCUT2D eigenvalue weighted by molar-refractivity contribution is -0.139. The van der Waals surface area contributed by atoms with Gasteiger partial charge in [-0.1, -0.05) is 30.0 Å². The number of thioether (sulfide) groups is 1. The molecule has 0 saturated heterocycles. The van der Waals surface area contributed by atoms with Crippen LogP contribution in [0.5, 0.6) is 0 Å². The van der Waals surface area contributed by atoms with E-state index in [1.54, 1.807) is 6.92 Å². The Bertz CT molecular complexity index is 786. The molecule has 3 rings (SSSR count). The van der Waals surface area contributed by atoms with Crippen LogP contribution in [0.2, 0.25) is 0 Å². The van der Waals surface area contributed by atoms with Crippen LogP contribution >= 0.6 is 11.8 Å². The van der Waals surface area contributed by atoms with Crippen molar-refractivity contribution in [1.82, 2.24) is 20.2 Å². The molecule has 0 saturated carbocycles. The van der Waals surface area contributed by atoms with Crippen molar-refractivity contribution < 1.29 is 9.53 Å². The first-order valence-electron chi connectivity index (χ1n) is 6.04. The number of ether oxygens (including phenoxy) is 1. The lowest BCUT2D eigenvalue weighted by Crippen LogP contribution is -2.15. The molecular formula is C13H12N4O2S. The van der Waals surface area contributed by atoms with Crippen molar-refractivity contribution in [2.75, 3.05) is 7.11 Å². The number of nitrogens with zero attached hydrogens (tertiary/aromatic N) is 3.